The van der Waals surface area contributed by atoms with Crippen molar-refractivity contribution in [2.75, 3.05) is 20.3 Å². The molecule has 0 unspecified atom stereocenters. The molecule has 0 saturated carbocycles. The predicted molar refractivity (Wildman–Crippen MR) is 88.9 cm³/mol. The average Bonchev–Trinajstić information content (AvgIpc) is 2.64. The minimum atomic E-state index is -0.567. The van der Waals surface area contributed by atoms with Crippen LogP contribution in [0.25, 0.3) is 0 Å². The van der Waals surface area contributed by atoms with Crippen LogP contribution in [0.4, 0.5) is 0 Å². The first-order valence-electron chi connectivity index (χ1n) is 7.65. The first-order chi connectivity index (χ1) is 12.1. The van der Waals surface area contributed by atoms with E-state index >= 15 is 0 Å². The summed E-state index contributed by atoms with van der Waals surface area (Å²) in [5.74, 6) is -1.13. The van der Waals surface area contributed by atoms with Crippen molar-refractivity contribution in [2.45, 2.75) is 13.2 Å². The predicted octanol–water partition coefficient (Wildman–Crippen LogP) is 0.363. The van der Waals surface area contributed by atoms with Gasteiger partial charge in [0.05, 0.1) is 13.2 Å². The molecule has 1 aromatic carbocycles. The van der Waals surface area contributed by atoms with E-state index in [-0.39, 0.29) is 30.9 Å². The zero-order chi connectivity index (χ0) is 18.1. The van der Waals surface area contributed by atoms with E-state index in [1.54, 1.807) is 0 Å². The molecule has 2 rings (SSSR count). The number of benzene rings is 1. The summed E-state index contributed by atoms with van der Waals surface area (Å²) in [6.45, 7) is 0.375. The van der Waals surface area contributed by atoms with Crippen LogP contribution in [0.3, 0.4) is 0 Å². The van der Waals surface area contributed by atoms with Crippen LogP contribution in [-0.2, 0) is 27.4 Å². The van der Waals surface area contributed by atoms with Crippen LogP contribution in [0.1, 0.15) is 16.1 Å². The van der Waals surface area contributed by atoms with Gasteiger partial charge in [-0.25, -0.2) is 4.68 Å². The number of carbonyl (C=O) groups is 2. The molecule has 0 spiro atoms. The second kappa shape index (κ2) is 9.33. The molecule has 1 heterocycles. The van der Waals surface area contributed by atoms with Crippen molar-refractivity contribution in [3.8, 4) is 0 Å². The lowest BCUT2D eigenvalue weighted by Gasteiger charge is -2.08. The smallest absolute Gasteiger partial charge is 0.325 e. The number of nitrogens with one attached hydrogen (secondary N) is 1. The number of hydrogen-bond acceptors (Lipinski definition) is 6. The third-order valence-electron chi connectivity index (χ3n) is 3.24. The molecule has 1 N–H and O–H groups in total. The van der Waals surface area contributed by atoms with Crippen LogP contribution in [0, 0.1) is 0 Å². The highest BCUT2D eigenvalue weighted by atomic mass is 16.5. The van der Waals surface area contributed by atoms with E-state index in [9.17, 15) is 14.4 Å². The van der Waals surface area contributed by atoms with Crippen LogP contribution in [0.2, 0.25) is 0 Å². The molecular weight excluding hydrogens is 326 g/mol. The minimum Gasteiger partial charge on any atom is -0.460 e. The van der Waals surface area contributed by atoms with Crippen molar-refractivity contribution in [3.63, 3.8) is 0 Å². The Labute approximate surface area is 144 Å². The van der Waals surface area contributed by atoms with E-state index in [4.69, 9.17) is 9.47 Å². The van der Waals surface area contributed by atoms with Gasteiger partial charge in [-0.1, -0.05) is 30.3 Å². The van der Waals surface area contributed by atoms with Gasteiger partial charge in [-0.05, 0) is 11.6 Å². The molecule has 0 radical (unpaired) electrons. The standard InChI is InChI=1S/C17H19N3O5/c1-24-10-9-20-15(21)8-7-14(19-20)17(23)18-11-16(22)25-12-13-5-3-2-4-6-13/h2-8H,9-12H2,1H3,(H,18,23). The van der Waals surface area contributed by atoms with Crippen LogP contribution >= 0.6 is 0 Å². The number of carbonyl (C=O) groups excluding carboxylic acids is 2. The van der Waals surface area contributed by atoms with E-state index < -0.39 is 11.9 Å². The van der Waals surface area contributed by atoms with Crippen molar-refractivity contribution in [3.05, 3.63) is 64.1 Å². The SMILES string of the molecule is COCCn1nc(C(=O)NCC(=O)OCc2ccccc2)ccc1=O. The summed E-state index contributed by atoms with van der Waals surface area (Å²) >= 11 is 0. The lowest BCUT2D eigenvalue weighted by molar-refractivity contribution is -0.143. The molecule has 132 valence electrons. The summed E-state index contributed by atoms with van der Waals surface area (Å²) < 4.78 is 11.1. The Morgan fingerprint density at radius 3 is 2.64 bits per heavy atom. The maximum atomic E-state index is 12.0. The first-order valence-corrected chi connectivity index (χ1v) is 7.65. The zero-order valence-electron chi connectivity index (χ0n) is 13.8. The van der Waals surface area contributed by atoms with E-state index in [0.29, 0.717) is 6.61 Å². The third-order valence-corrected chi connectivity index (χ3v) is 3.24. The molecule has 0 bridgehead atoms. The summed E-state index contributed by atoms with van der Waals surface area (Å²) in [4.78, 5) is 35.3. The maximum absolute atomic E-state index is 12.0. The molecule has 0 aliphatic heterocycles. The van der Waals surface area contributed by atoms with Gasteiger partial charge in [-0.2, -0.15) is 5.10 Å². The van der Waals surface area contributed by atoms with Crippen molar-refractivity contribution in [2.24, 2.45) is 0 Å². The van der Waals surface area contributed by atoms with Gasteiger partial charge in [-0.15, -0.1) is 0 Å². The molecular formula is C17H19N3O5. The Morgan fingerprint density at radius 1 is 1.16 bits per heavy atom. The highest BCUT2D eigenvalue weighted by Crippen LogP contribution is 2.00. The molecule has 8 nitrogen and oxygen atoms in total. The van der Waals surface area contributed by atoms with Crippen LogP contribution in [-0.4, -0.2) is 41.9 Å². The number of esters is 1. The number of aromatic nitrogens is 2. The van der Waals surface area contributed by atoms with Gasteiger partial charge < -0.3 is 14.8 Å². The Balaban J connectivity index is 1.85. The summed E-state index contributed by atoms with van der Waals surface area (Å²) in [5.41, 5.74) is 0.552. The van der Waals surface area contributed by atoms with Crippen molar-refractivity contribution >= 4 is 11.9 Å². The molecule has 1 aromatic heterocycles. The summed E-state index contributed by atoms with van der Waals surface area (Å²) in [5, 5.41) is 6.36. The van der Waals surface area contributed by atoms with Gasteiger partial charge in [-0.3, -0.25) is 14.4 Å². The van der Waals surface area contributed by atoms with E-state index in [0.717, 1.165) is 10.2 Å². The summed E-state index contributed by atoms with van der Waals surface area (Å²) in [6.07, 6.45) is 0. The number of rotatable bonds is 8. The van der Waals surface area contributed by atoms with E-state index in [2.05, 4.69) is 10.4 Å². The molecule has 0 saturated heterocycles. The number of methoxy groups -OCH3 is 1. The lowest BCUT2D eigenvalue weighted by atomic mass is 10.2. The molecule has 0 aliphatic carbocycles. The average molecular weight is 345 g/mol. The van der Waals surface area contributed by atoms with Gasteiger partial charge in [0.2, 0.25) is 0 Å². The van der Waals surface area contributed by atoms with Crippen LogP contribution < -0.4 is 10.9 Å². The highest BCUT2D eigenvalue weighted by molar-refractivity contribution is 5.93. The molecule has 8 heteroatoms. The summed E-state index contributed by atoms with van der Waals surface area (Å²) in [7, 11) is 1.50. The highest BCUT2D eigenvalue weighted by Gasteiger charge is 2.12. The van der Waals surface area contributed by atoms with Crippen molar-refractivity contribution in [1.29, 1.82) is 0 Å². The lowest BCUT2D eigenvalue weighted by Crippen LogP contribution is -2.33. The molecule has 2 aromatic rings. The van der Waals surface area contributed by atoms with Crippen molar-refractivity contribution < 1.29 is 19.1 Å². The Bertz CT molecular complexity index is 773. The molecule has 1 amide bonds. The van der Waals surface area contributed by atoms with Gasteiger partial charge in [0.15, 0.2) is 0 Å². The van der Waals surface area contributed by atoms with Crippen molar-refractivity contribution in [1.82, 2.24) is 15.1 Å². The second-order valence-corrected chi connectivity index (χ2v) is 5.10. The van der Waals surface area contributed by atoms with Gasteiger partial charge >= 0.3 is 5.97 Å². The van der Waals surface area contributed by atoms with E-state index in [1.807, 2.05) is 30.3 Å². The number of amides is 1. The fourth-order valence-corrected chi connectivity index (χ4v) is 1.94. The fourth-order valence-electron chi connectivity index (χ4n) is 1.94. The Morgan fingerprint density at radius 2 is 1.92 bits per heavy atom. The van der Waals surface area contributed by atoms with Crippen LogP contribution in [0.15, 0.2) is 47.3 Å². The first kappa shape index (κ1) is 18.3. The summed E-state index contributed by atoms with van der Waals surface area (Å²) in [6, 6.07) is 11.8. The molecule has 0 fully saturated rings. The minimum absolute atomic E-state index is 0.0339. The largest absolute Gasteiger partial charge is 0.460 e. The zero-order valence-corrected chi connectivity index (χ0v) is 13.8. The van der Waals surface area contributed by atoms with Gasteiger partial charge in [0, 0.05) is 13.2 Å². The molecule has 0 atom stereocenters. The third kappa shape index (κ3) is 5.85. The Kier molecular flexibility index (Phi) is 6.85. The quantitative estimate of drug-likeness (QED) is 0.694. The number of nitrogens with zero attached hydrogens (tertiary/aromatic N) is 2. The fraction of sp³-hybridized carbons (Fsp3) is 0.294. The molecule has 0 aliphatic rings. The Hall–Kier alpha value is -3.00. The normalized spacial score (nSPS) is 10.3. The van der Waals surface area contributed by atoms with Gasteiger partial charge in [0.25, 0.3) is 11.5 Å². The van der Waals surface area contributed by atoms with Crippen LogP contribution in [0.5, 0.6) is 0 Å². The van der Waals surface area contributed by atoms with Gasteiger partial charge in [0.1, 0.15) is 18.8 Å². The monoisotopic (exact) mass is 345 g/mol. The topological polar surface area (TPSA) is 99.5 Å². The maximum Gasteiger partial charge on any atom is 0.325 e. The van der Waals surface area contributed by atoms with E-state index in [1.165, 1.54) is 19.2 Å². The second-order valence-electron chi connectivity index (χ2n) is 5.10. The number of hydrogen-bond donors (Lipinski definition) is 1. The number of ether oxygens (including phenoxy) is 2. The molecule has 25 heavy (non-hydrogen) atoms.